The molecule has 0 aromatic carbocycles. The van der Waals surface area contributed by atoms with Crippen molar-refractivity contribution in [1.29, 1.82) is 0 Å². The lowest BCUT2D eigenvalue weighted by Crippen LogP contribution is -2.40. The molecular weight excluding hydrogens is 234 g/mol. The van der Waals surface area contributed by atoms with E-state index in [2.05, 4.69) is 18.6 Å². The summed E-state index contributed by atoms with van der Waals surface area (Å²) in [6, 6.07) is 0.115. The summed E-state index contributed by atoms with van der Waals surface area (Å²) in [4.78, 5) is 24.7. The molecule has 1 aliphatic heterocycles. The lowest BCUT2D eigenvalue weighted by molar-refractivity contribution is -0.141. The Kier molecular flexibility index (Phi) is 5.44. The third-order valence-electron chi connectivity index (χ3n) is 3.50. The molecule has 5 heteroatoms. The van der Waals surface area contributed by atoms with Crippen LogP contribution in [0.3, 0.4) is 0 Å². The number of rotatable bonds is 6. The third-order valence-corrected chi connectivity index (χ3v) is 3.50. The van der Waals surface area contributed by atoms with Crippen LogP contribution in [0.5, 0.6) is 0 Å². The van der Waals surface area contributed by atoms with Gasteiger partial charge in [0, 0.05) is 13.0 Å². The zero-order valence-corrected chi connectivity index (χ0v) is 11.6. The fraction of sp³-hybridized carbons (Fsp3) is 0.846. The van der Waals surface area contributed by atoms with Crippen molar-refractivity contribution in [1.82, 2.24) is 4.90 Å². The number of esters is 1. The van der Waals surface area contributed by atoms with Crippen molar-refractivity contribution in [2.75, 3.05) is 20.3 Å². The van der Waals surface area contributed by atoms with Crippen molar-refractivity contribution in [3.63, 3.8) is 0 Å². The zero-order valence-electron chi connectivity index (χ0n) is 11.6. The lowest BCUT2D eigenvalue weighted by atomic mass is 9.99. The van der Waals surface area contributed by atoms with Gasteiger partial charge in [0.1, 0.15) is 6.61 Å². The molecule has 5 nitrogen and oxygen atoms in total. The van der Waals surface area contributed by atoms with Crippen LogP contribution in [0.15, 0.2) is 0 Å². The maximum absolute atomic E-state index is 11.7. The summed E-state index contributed by atoms with van der Waals surface area (Å²) in [6.07, 6.45) is 0.919. The van der Waals surface area contributed by atoms with Gasteiger partial charge in [-0.3, -0.25) is 4.79 Å². The van der Waals surface area contributed by atoms with Crippen molar-refractivity contribution in [3.05, 3.63) is 0 Å². The second-order valence-corrected chi connectivity index (χ2v) is 5.10. The number of carbonyl (C=O) groups excluding carboxylic acids is 2. The molecule has 1 amide bonds. The van der Waals surface area contributed by atoms with Gasteiger partial charge in [-0.05, 0) is 11.8 Å². The molecule has 1 rings (SSSR count). The molecule has 0 aromatic rings. The van der Waals surface area contributed by atoms with Crippen molar-refractivity contribution < 1.29 is 19.1 Å². The SMILES string of the molecule is CC[C@@H](CC(=O)OC)CN1C(=O)OC[C@@H]1C(C)C. The smallest absolute Gasteiger partial charge is 0.410 e. The standard InChI is InChI=1S/C13H23NO4/c1-5-10(6-12(15)17-4)7-14-11(9(2)3)8-18-13(14)16/h9-11H,5-8H2,1-4H3/t10-,11+/m0/s1. The normalized spacial score (nSPS) is 21.1. The Morgan fingerprint density at radius 3 is 2.72 bits per heavy atom. The summed E-state index contributed by atoms with van der Waals surface area (Å²) in [5.41, 5.74) is 0. The Hall–Kier alpha value is -1.26. The molecule has 0 radical (unpaired) electrons. The molecule has 104 valence electrons. The van der Waals surface area contributed by atoms with Gasteiger partial charge in [0.2, 0.25) is 0 Å². The van der Waals surface area contributed by atoms with Crippen LogP contribution in [0, 0.1) is 11.8 Å². The second kappa shape index (κ2) is 6.61. The summed E-state index contributed by atoms with van der Waals surface area (Å²) >= 11 is 0. The van der Waals surface area contributed by atoms with E-state index >= 15 is 0 Å². The first-order valence-electron chi connectivity index (χ1n) is 6.49. The Morgan fingerprint density at radius 2 is 2.22 bits per heavy atom. The molecule has 0 spiro atoms. The second-order valence-electron chi connectivity index (χ2n) is 5.10. The van der Waals surface area contributed by atoms with Crippen LogP contribution < -0.4 is 0 Å². The van der Waals surface area contributed by atoms with Gasteiger partial charge in [0.05, 0.1) is 13.2 Å². The van der Waals surface area contributed by atoms with Crippen LogP contribution in [0.2, 0.25) is 0 Å². The van der Waals surface area contributed by atoms with Crippen LogP contribution in [0.1, 0.15) is 33.6 Å². The minimum Gasteiger partial charge on any atom is -0.469 e. The van der Waals surface area contributed by atoms with Crippen LogP contribution in [0.25, 0.3) is 0 Å². The van der Waals surface area contributed by atoms with Crippen molar-refractivity contribution in [2.45, 2.75) is 39.7 Å². The molecule has 0 unspecified atom stereocenters. The van der Waals surface area contributed by atoms with Gasteiger partial charge in [-0.2, -0.15) is 0 Å². The molecule has 0 bridgehead atoms. The summed E-state index contributed by atoms with van der Waals surface area (Å²) in [6.45, 7) is 7.17. The van der Waals surface area contributed by atoms with Gasteiger partial charge in [-0.25, -0.2) is 4.79 Å². The quantitative estimate of drug-likeness (QED) is 0.683. The van der Waals surface area contributed by atoms with Gasteiger partial charge in [0.25, 0.3) is 0 Å². The Labute approximate surface area is 108 Å². The fourth-order valence-corrected chi connectivity index (χ4v) is 2.16. The first kappa shape index (κ1) is 14.8. The monoisotopic (exact) mass is 257 g/mol. The third kappa shape index (κ3) is 3.62. The topological polar surface area (TPSA) is 55.8 Å². The van der Waals surface area contributed by atoms with E-state index < -0.39 is 0 Å². The molecule has 0 aromatic heterocycles. The van der Waals surface area contributed by atoms with Crippen molar-refractivity contribution in [3.8, 4) is 0 Å². The lowest BCUT2D eigenvalue weighted by Gasteiger charge is -2.27. The van der Waals surface area contributed by atoms with Crippen LogP contribution in [-0.2, 0) is 14.3 Å². The van der Waals surface area contributed by atoms with E-state index in [0.717, 1.165) is 6.42 Å². The summed E-state index contributed by atoms with van der Waals surface area (Å²) in [7, 11) is 1.39. The average Bonchev–Trinajstić information content (AvgIpc) is 2.70. The van der Waals surface area contributed by atoms with Crippen LogP contribution in [-0.4, -0.2) is 43.3 Å². The molecule has 0 N–H and O–H groups in total. The molecule has 2 atom stereocenters. The van der Waals surface area contributed by atoms with Gasteiger partial charge >= 0.3 is 12.1 Å². The number of hydrogen-bond donors (Lipinski definition) is 0. The van der Waals surface area contributed by atoms with E-state index in [4.69, 9.17) is 4.74 Å². The highest BCUT2D eigenvalue weighted by Gasteiger charge is 2.36. The van der Waals surface area contributed by atoms with E-state index in [9.17, 15) is 9.59 Å². The minimum atomic E-state index is -0.267. The summed E-state index contributed by atoms with van der Waals surface area (Å²) in [5.74, 6) is 0.256. The van der Waals surface area contributed by atoms with E-state index in [1.165, 1.54) is 7.11 Å². The first-order chi connectivity index (χ1) is 8.49. The van der Waals surface area contributed by atoms with E-state index in [-0.39, 0.29) is 24.0 Å². The maximum atomic E-state index is 11.7. The average molecular weight is 257 g/mol. The van der Waals surface area contributed by atoms with Crippen molar-refractivity contribution >= 4 is 12.1 Å². The van der Waals surface area contributed by atoms with Gasteiger partial charge in [-0.1, -0.05) is 27.2 Å². The highest BCUT2D eigenvalue weighted by Crippen LogP contribution is 2.23. The van der Waals surface area contributed by atoms with Gasteiger partial charge < -0.3 is 14.4 Å². The highest BCUT2D eigenvalue weighted by atomic mass is 16.6. The largest absolute Gasteiger partial charge is 0.469 e. The molecule has 0 aliphatic carbocycles. The Balaban J connectivity index is 2.61. The zero-order chi connectivity index (χ0) is 13.7. The number of ether oxygens (including phenoxy) is 2. The predicted octanol–water partition coefficient (Wildman–Crippen LogP) is 2.05. The first-order valence-corrected chi connectivity index (χ1v) is 6.49. The number of hydrogen-bond acceptors (Lipinski definition) is 4. The van der Waals surface area contributed by atoms with Gasteiger partial charge in [-0.15, -0.1) is 0 Å². The fourth-order valence-electron chi connectivity index (χ4n) is 2.16. The van der Waals surface area contributed by atoms with E-state index in [1.807, 2.05) is 6.92 Å². The highest BCUT2D eigenvalue weighted by molar-refractivity contribution is 5.71. The summed E-state index contributed by atoms with van der Waals surface area (Å²) < 4.78 is 9.76. The number of methoxy groups -OCH3 is 1. The van der Waals surface area contributed by atoms with Crippen LogP contribution >= 0.6 is 0 Å². The number of carbonyl (C=O) groups is 2. The summed E-state index contributed by atoms with van der Waals surface area (Å²) in [5, 5.41) is 0. The number of cyclic esters (lactones) is 1. The number of amides is 1. The van der Waals surface area contributed by atoms with Crippen LogP contribution in [0.4, 0.5) is 4.79 Å². The van der Waals surface area contributed by atoms with E-state index in [1.54, 1.807) is 4.90 Å². The molecule has 18 heavy (non-hydrogen) atoms. The molecule has 1 aliphatic rings. The van der Waals surface area contributed by atoms with Gasteiger partial charge in [0.15, 0.2) is 0 Å². The molecule has 0 saturated carbocycles. The van der Waals surface area contributed by atoms with Crippen molar-refractivity contribution in [2.24, 2.45) is 11.8 Å². The molecular formula is C13H23NO4. The molecule has 1 heterocycles. The Morgan fingerprint density at radius 1 is 1.56 bits per heavy atom. The minimum absolute atomic E-state index is 0.115. The van der Waals surface area contributed by atoms with E-state index in [0.29, 0.717) is 25.5 Å². The Bertz CT molecular complexity index is 303. The maximum Gasteiger partial charge on any atom is 0.410 e. The molecule has 1 fully saturated rings. The molecule has 1 saturated heterocycles. The predicted molar refractivity (Wildman–Crippen MR) is 67.1 cm³/mol. The number of nitrogens with zero attached hydrogens (tertiary/aromatic N) is 1.